The lowest BCUT2D eigenvalue weighted by Crippen LogP contribution is -2.48. The number of hydrogen-bond acceptors (Lipinski definition) is 6. The number of piperidine rings is 1. The molecule has 33 heavy (non-hydrogen) atoms. The molecule has 1 saturated heterocycles. The molecule has 0 unspecified atom stereocenters. The molecule has 172 valence electrons. The van der Waals surface area contributed by atoms with Gasteiger partial charge < -0.3 is 10.6 Å². The summed E-state index contributed by atoms with van der Waals surface area (Å²) < 4.78 is 3.35. The van der Waals surface area contributed by atoms with Crippen LogP contribution in [0.4, 0.5) is 5.95 Å². The summed E-state index contributed by atoms with van der Waals surface area (Å²) in [4.78, 5) is 20.5. The van der Waals surface area contributed by atoms with Crippen molar-refractivity contribution < 1.29 is 0 Å². The summed E-state index contributed by atoms with van der Waals surface area (Å²) in [6, 6.07) is 4.05. The first-order chi connectivity index (χ1) is 15.9. The maximum absolute atomic E-state index is 13.5. The molecule has 0 amide bonds. The summed E-state index contributed by atoms with van der Waals surface area (Å²) in [7, 11) is 3.63. The Morgan fingerprint density at radius 3 is 2.73 bits per heavy atom. The number of rotatable bonds is 2. The first-order valence-corrected chi connectivity index (χ1v) is 11.8. The van der Waals surface area contributed by atoms with Gasteiger partial charge >= 0.3 is 0 Å². The quantitative estimate of drug-likeness (QED) is 0.470. The van der Waals surface area contributed by atoms with Gasteiger partial charge in [-0.05, 0) is 43.2 Å². The zero-order valence-corrected chi connectivity index (χ0v) is 19.6. The Morgan fingerprint density at radius 2 is 2.00 bits per heavy atom. The summed E-state index contributed by atoms with van der Waals surface area (Å²) >= 11 is 6.71. The summed E-state index contributed by atoms with van der Waals surface area (Å²) in [5.74, 6) is 0.653. The van der Waals surface area contributed by atoms with Crippen LogP contribution in [0.15, 0.2) is 23.1 Å². The van der Waals surface area contributed by atoms with E-state index in [1.54, 1.807) is 16.3 Å². The average molecular weight is 467 g/mol. The Balaban J connectivity index is 1.40. The number of aryl methyl sites for hydroxylation is 1. The molecule has 1 saturated carbocycles. The van der Waals surface area contributed by atoms with Gasteiger partial charge in [-0.2, -0.15) is 15.2 Å². The largest absolute Gasteiger partial charge is 0.342 e. The van der Waals surface area contributed by atoms with Crippen molar-refractivity contribution in [2.45, 2.75) is 38.1 Å². The standard InChI is InChI=1S/C23H27ClN8O/c1-30-12-14-15(29-30)6-5-13(18(14)24)19-17-20(28-27-19)26-22(31(2)21(17)33)32-10-8-23(9-11-32)7-3-4-16(23)25/h5-6,12,16H,3-4,7-11,25H2,1-2H3,(H,27,28)/t16-/m1/s1. The van der Waals surface area contributed by atoms with E-state index in [0.717, 1.165) is 43.3 Å². The second kappa shape index (κ2) is 7.30. The molecule has 10 heteroatoms. The third-order valence-electron chi connectivity index (χ3n) is 7.80. The minimum atomic E-state index is -0.140. The lowest BCUT2D eigenvalue weighted by Gasteiger charge is -2.42. The number of nitrogens with two attached hydrogens (primary N) is 1. The molecule has 1 atom stereocenters. The third kappa shape index (κ3) is 3.02. The van der Waals surface area contributed by atoms with Crippen LogP contribution >= 0.6 is 11.6 Å². The van der Waals surface area contributed by atoms with E-state index < -0.39 is 0 Å². The first-order valence-electron chi connectivity index (χ1n) is 11.5. The minimum Gasteiger partial charge on any atom is -0.342 e. The van der Waals surface area contributed by atoms with Crippen molar-refractivity contribution in [3.63, 3.8) is 0 Å². The molecule has 6 rings (SSSR count). The molecular formula is C23H27ClN8O. The van der Waals surface area contributed by atoms with Crippen molar-refractivity contribution in [1.29, 1.82) is 0 Å². The Morgan fingerprint density at radius 1 is 1.21 bits per heavy atom. The van der Waals surface area contributed by atoms with Crippen LogP contribution < -0.4 is 16.2 Å². The van der Waals surface area contributed by atoms with E-state index in [0.29, 0.717) is 33.3 Å². The van der Waals surface area contributed by atoms with Crippen LogP contribution in [0, 0.1) is 5.41 Å². The number of anilines is 1. The van der Waals surface area contributed by atoms with Gasteiger partial charge in [-0.1, -0.05) is 18.0 Å². The van der Waals surface area contributed by atoms with Crippen molar-refractivity contribution in [3.05, 3.63) is 33.7 Å². The maximum Gasteiger partial charge on any atom is 0.266 e. The van der Waals surface area contributed by atoms with Crippen LogP contribution in [-0.4, -0.2) is 48.7 Å². The van der Waals surface area contributed by atoms with Crippen molar-refractivity contribution in [3.8, 4) is 11.3 Å². The van der Waals surface area contributed by atoms with Gasteiger partial charge in [-0.15, -0.1) is 0 Å². The van der Waals surface area contributed by atoms with Crippen LogP contribution in [0.2, 0.25) is 5.02 Å². The molecule has 0 radical (unpaired) electrons. The normalized spacial score (nSPS) is 20.5. The predicted molar refractivity (Wildman–Crippen MR) is 130 cm³/mol. The fourth-order valence-electron chi connectivity index (χ4n) is 5.83. The molecule has 3 aromatic heterocycles. The van der Waals surface area contributed by atoms with E-state index in [4.69, 9.17) is 22.3 Å². The van der Waals surface area contributed by atoms with Gasteiger partial charge in [0.1, 0.15) is 5.39 Å². The Bertz CT molecular complexity index is 1440. The average Bonchev–Trinajstić information content (AvgIpc) is 3.49. The summed E-state index contributed by atoms with van der Waals surface area (Å²) in [5.41, 5.74) is 9.05. The van der Waals surface area contributed by atoms with Gasteiger partial charge in [-0.3, -0.25) is 19.1 Å². The summed E-state index contributed by atoms with van der Waals surface area (Å²) in [5, 5.41) is 13.6. The van der Waals surface area contributed by atoms with Crippen molar-refractivity contribution >= 4 is 39.5 Å². The molecule has 2 fully saturated rings. The zero-order valence-electron chi connectivity index (χ0n) is 18.8. The van der Waals surface area contributed by atoms with Gasteiger partial charge in [0.25, 0.3) is 5.56 Å². The second-order valence-electron chi connectivity index (χ2n) is 9.58. The van der Waals surface area contributed by atoms with E-state index in [9.17, 15) is 4.79 Å². The zero-order chi connectivity index (χ0) is 22.9. The highest BCUT2D eigenvalue weighted by molar-refractivity contribution is 6.38. The van der Waals surface area contributed by atoms with Crippen molar-refractivity contribution in [2.75, 3.05) is 18.0 Å². The molecule has 1 spiro atoms. The number of nitrogens with one attached hydrogen (secondary N) is 1. The first kappa shape index (κ1) is 20.7. The number of halogens is 1. The molecule has 1 aromatic carbocycles. The molecule has 2 aliphatic rings. The highest BCUT2D eigenvalue weighted by Crippen LogP contribution is 2.46. The molecule has 4 heterocycles. The molecule has 1 aliphatic carbocycles. The minimum absolute atomic E-state index is 0.140. The predicted octanol–water partition coefficient (Wildman–Crippen LogP) is 2.96. The second-order valence-corrected chi connectivity index (χ2v) is 9.96. The number of nitrogens with zero attached hydrogens (tertiary/aromatic N) is 6. The number of aromatic amines is 1. The number of H-pyrrole nitrogens is 1. The maximum atomic E-state index is 13.5. The number of benzene rings is 1. The smallest absolute Gasteiger partial charge is 0.266 e. The highest BCUT2D eigenvalue weighted by atomic mass is 35.5. The van der Waals surface area contributed by atoms with Gasteiger partial charge in [0.2, 0.25) is 5.95 Å². The lowest BCUT2D eigenvalue weighted by molar-refractivity contribution is 0.196. The van der Waals surface area contributed by atoms with Crippen molar-refractivity contribution in [1.82, 2.24) is 29.5 Å². The fraction of sp³-hybridized carbons (Fsp3) is 0.478. The fourth-order valence-corrected chi connectivity index (χ4v) is 6.13. The Kier molecular flexibility index (Phi) is 4.57. The number of hydrogen-bond donors (Lipinski definition) is 2. The van der Waals surface area contributed by atoms with Crippen LogP contribution in [0.25, 0.3) is 33.2 Å². The van der Waals surface area contributed by atoms with E-state index in [-0.39, 0.29) is 17.0 Å². The van der Waals surface area contributed by atoms with Crippen LogP contribution in [0.5, 0.6) is 0 Å². The molecular weight excluding hydrogens is 440 g/mol. The van der Waals surface area contributed by atoms with E-state index in [2.05, 4.69) is 20.2 Å². The van der Waals surface area contributed by atoms with Gasteiger partial charge in [0.05, 0.1) is 16.2 Å². The molecule has 1 aliphatic heterocycles. The summed E-state index contributed by atoms with van der Waals surface area (Å²) in [6.45, 7) is 1.69. The SMILES string of the molecule is Cn1cc2c(Cl)c(-c3[nH]nc4nc(N5CCC6(CCC[C@H]6N)CC5)n(C)c(=O)c34)ccc2n1. The Hall–Kier alpha value is -2.91. The molecule has 4 aromatic rings. The van der Waals surface area contributed by atoms with E-state index in [1.165, 1.54) is 12.8 Å². The molecule has 9 nitrogen and oxygen atoms in total. The van der Waals surface area contributed by atoms with Crippen LogP contribution in [0.3, 0.4) is 0 Å². The van der Waals surface area contributed by atoms with Gasteiger partial charge in [-0.25, -0.2) is 0 Å². The van der Waals surface area contributed by atoms with Crippen LogP contribution in [-0.2, 0) is 14.1 Å². The van der Waals surface area contributed by atoms with Gasteiger partial charge in [0, 0.05) is 50.4 Å². The number of fused-ring (bicyclic) bond motifs is 2. The van der Waals surface area contributed by atoms with Gasteiger partial charge in [0.15, 0.2) is 5.65 Å². The topological polar surface area (TPSA) is 111 Å². The molecule has 3 N–H and O–H groups in total. The van der Waals surface area contributed by atoms with Crippen molar-refractivity contribution in [2.24, 2.45) is 25.2 Å². The number of aromatic nitrogens is 6. The monoisotopic (exact) mass is 466 g/mol. The van der Waals surface area contributed by atoms with E-state index in [1.807, 2.05) is 25.4 Å². The lowest BCUT2D eigenvalue weighted by atomic mass is 9.74. The highest BCUT2D eigenvalue weighted by Gasteiger charge is 2.43. The Labute approximate surface area is 195 Å². The molecule has 0 bridgehead atoms. The van der Waals surface area contributed by atoms with E-state index >= 15 is 0 Å². The summed E-state index contributed by atoms with van der Waals surface area (Å²) in [6.07, 6.45) is 7.48. The van der Waals surface area contributed by atoms with Crippen LogP contribution in [0.1, 0.15) is 32.1 Å². The third-order valence-corrected chi connectivity index (χ3v) is 8.20.